The molecule has 2 rings (SSSR count). The van der Waals surface area contributed by atoms with E-state index in [4.69, 9.17) is 0 Å². The molecule has 1 heterocycles. The number of hydrogen-bond acceptors (Lipinski definition) is 1. The molecule has 0 saturated carbocycles. The predicted molar refractivity (Wildman–Crippen MR) is 56.7 cm³/mol. The fraction of sp³-hybridized carbons (Fsp3) is 0.417. The van der Waals surface area contributed by atoms with E-state index >= 15 is 0 Å². The summed E-state index contributed by atoms with van der Waals surface area (Å²) in [4.78, 5) is 4.47. The molecule has 1 heteroatoms. The molecule has 13 heavy (non-hydrogen) atoms. The van der Waals surface area contributed by atoms with Crippen LogP contribution < -0.4 is 0 Å². The Morgan fingerprint density at radius 2 is 2.00 bits per heavy atom. The van der Waals surface area contributed by atoms with Gasteiger partial charge in [0.25, 0.3) is 0 Å². The van der Waals surface area contributed by atoms with Crippen LogP contribution >= 0.6 is 0 Å². The van der Waals surface area contributed by atoms with E-state index in [1.54, 1.807) is 0 Å². The number of aryl methyl sites for hydroxylation is 1. The first-order valence-corrected chi connectivity index (χ1v) is 4.82. The minimum atomic E-state index is 0.426. The van der Waals surface area contributed by atoms with Crippen molar-refractivity contribution >= 4 is 6.21 Å². The van der Waals surface area contributed by atoms with Gasteiger partial charge in [0.2, 0.25) is 0 Å². The maximum atomic E-state index is 4.47. The van der Waals surface area contributed by atoms with E-state index in [0.717, 1.165) is 0 Å². The van der Waals surface area contributed by atoms with Gasteiger partial charge in [-0.15, -0.1) is 0 Å². The molecule has 0 aromatic heterocycles. The van der Waals surface area contributed by atoms with Crippen molar-refractivity contribution in [3.8, 4) is 0 Å². The Labute approximate surface area is 79.5 Å². The standard InChI is InChI=1S/C12H15N/c1-8-4-5-12-9(2)10(3)13-7-11(12)6-8/h4-7,9-10H,1-3H3. The zero-order valence-electron chi connectivity index (χ0n) is 8.41. The summed E-state index contributed by atoms with van der Waals surface area (Å²) in [5.74, 6) is 0.556. The van der Waals surface area contributed by atoms with Crippen LogP contribution in [-0.2, 0) is 0 Å². The summed E-state index contributed by atoms with van der Waals surface area (Å²) in [6.07, 6.45) is 2.01. The summed E-state index contributed by atoms with van der Waals surface area (Å²) in [6.45, 7) is 6.54. The van der Waals surface area contributed by atoms with Gasteiger partial charge in [0.1, 0.15) is 0 Å². The summed E-state index contributed by atoms with van der Waals surface area (Å²) in [5, 5.41) is 0. The van der Waals surface area contributed by atoms with Gasteiger partial charge in [0.05, 0.1) is 6.04 Å². The average Bonchev–Trinajstić information content (AvgIpc) is 2.12. The van der Waals surface area contributed by atoms with Crippen LogP contribution in [0.15, 0.2) is 23.2 Å². The summed E-state index contributed by atoms with van der Waals surface area (Å²) >= 11 is 0. The molecule has 2 unspecified atom stereocenters. The Hall–Kier alpha value is -1.11. The highest BCUT2D eigenvalue weighted by molar-refractivity contribution is 5.83. The highest BCUT2D eigenvalue weighted by atomic mass is 14.8. The van der Waals surface area contributed by atoms with Gasteiger partial charge in [0, 0.05) is 12.1 Å². The molecule has 1 aliphatic heterocycles. The van der Waals surface area contributed by atoms with Crippen LogP contribution in [0, 0.1) is 6.92 Å². The minimum absolute atomic E-state index is 0.426. The highest BCUT2D eigenvalue weighted by Crippen LogP contribution is 2.28. The normalized spacial score (nSPS) is 25.8. The molecule has 0 amide bonds. The lowest BCUT2D eigenvalue weighted by Crippen LogP contribution is -2.16. The second kappa shape index (κ2) is 2.99. The molecule has 0 bridgehead atoms. The van der Waals surface area contributed by atoms with E-state index in [0.29, 0.717) is 12.0 Å². The Balaban J connectivity index is 2.52. The molecule has 0 N–H and O–H groups in total. The SMILES string of the molecule is Cc1ccc2c(c1)C=NC(C)C2C. The first-order valence-electron chi connectivity index (χ1n) is 4.82. The fourth-order valence-electron chi connectivity index (χ4n) is 1.81. The fourth-order valence-corrected chi connectivity index (χ4v) is 1.81. The minimum Gasteiger partial charge on any atom is -0.289 e. The van der Waals surface area contributed by atoms with Crippen LogP contribution in [0.2, 0.25) is 0 Å². The number of fused-ring (bicyclic) bond motifs is 1. The van der Waals surface area contributed by atoms with E-state index in [1.165, 1.54) is 16.7 Å². The Kier molecular flexibility index (Phi) is 1.95. The summed E-state index contributed by atoms with van der Waals surface area (Å²) in [7, 11) is 0. The molecule has 0 spiro atoms. The van der Waals surface area contributed by atoms with Crippen molar-refractivity contribution in [1.29, 1.82) is 0 Å². The molecule has 1 aliphatic rings. The van der Waals surface area contributed by atoms with Crippen molar-refractivity contribution in [3.63, 3.8) is 0 Å². The third-order valence-corrected chi connectivity index (χ3v) is 2.91. The molecule has 0 aliphatic carbocycles. The lowest BCUT2D eigenvalue weighted by atomic mass is 9.88. The van der Waals surface area contributed by atoms with Crippen LogP contribution in [0.25, 0.3) is 0 Å². The number of hydrogen-bond donors (Lipinski definition) is 0. The second-order valence-corrected chi connectivity index (χ2v) is 3.94. The van der Waals surface area contributed by atoms with E-state index in [9.17, 15) is 0 Å². The van der Waals surface area contributed by atoms with Crippen molar-refractivity contribution in [3.05, 3.63) is 34.9 Å². The van der Waals surface area contributed by atoms with Crippen molar-refractivity contribution in [2.24, 2.45) is 4.99 Å². The zero-order valence-corrected chi connectivity index (χ0v) is 8.41. The summed E-state index contributed by atoms with van der Waals surface area (Å²) in [6, 6.07) is 7.05. The second-order valence-electron chi connectivity index (χ2n) is 3.94. The maximum Gasteiger partial charge on any atom is 0.0537 e. The van der Waals surface area contributed by atoms with Gasteiger partial charge in [0.15, 0.2) is 0 Å². The molecule has 2 atom stereocenters. The highest BCUT2D eigenvalue weighted by Gasteiger charge is 2.19. The molecular formula is C12H15N. The third-order valence-electron chi connectivity index (χ3n) is 2.91. The first-order chi connectivity index (χ1) is 6.18. The van der Waals surface area contributed by atoms with Crippen LogP contribution in [0.5, 0.6) is 0 Å². The third kappa shape index (κ3) is 1.39. The lowest BCUT2D eigenvalue weighted by Gasteiger charge is -2.23. The lowest BCUT2D eigenvalue weighted by molar-refractivity contribution is 0.608. The Morgan fingerprint density at radius 3 is 2.77 bits per heavy atom. The van der Waals surface area contributed by atoms with Gasteiger partial charge in [-0.05, 0) is 25.0 Å². The molecule has 0 fully saturated rings. The van der Waals surface area contributed by atoms with Gasteiger partial charge >= 0.3 is 0 Å². The van der Waals surface area contributed by atoms with Gasteiger partial charge < -0.3 is 0 Å². The smallest absolute Gasteiger partial charge is 0.0537 e. The van der Waals surface area contributed by atoms with E-state index < -0.39 is 0 Å². The molecule has 68 valence electrons. The van der Waals surface area contributed by atoms with Crippen molar-refractivity contribution in [2.75, 3.05) is 0 Å². The number of aliphatic imine (C=N–C) groups is 1. The quantitative estimate of drug-likeness (QED) is 0.572. The molecular weight excluding hydrogens is 158 g/mol. The molecule has 1 nitrogen and oxygen atoms in total. The molecule has 1 aromatic carbocycles. The largest absolute Gasteiger partial charge is 0.289 e. The summed E-state index contributed by atoms with van der Waals surface area (Å²) < 4.78 is 0. The van der Waals surface area contributed by atoms with Crippen LogP contribution in [0.4, 0.5) is 0 Å². The number of benzene rings is 1. The summed E-state index contributed by atoms with van der Waals surface area (Å²) in [5.41, 5.74) is 4.05. The molecule has 1 aromatic rings. The average molecular weight is 173 g/mol. The number of rotatable bonds is 0. The molecule has 0 saturated heterocycles. The molecule has 0 radical (unpaired) electrons. The van der Waals surface area contributed by atoms with Crippen molar-refractivity contribution in [2.45, 2.75) is 32.7 Å². The predicted octanol–water partition coefficient (Wildman–Crippen LogP) is 2.92. The van der Waals surface area contributed by atoms with Gasteiger partial charge in [-0.1, -0.05) is 30.7 Å². The van der Waals surface area contributed by atoms with Gasteiger partial charge in [-0.2, -0.15) is 0 Å². The van der Waals surface area contributed by atoms with E-state index in [2.05, 4.69) is 44.0 Å². The van der Waals surface area contributed by atoms with Crippen LogP contribution in [-0.4, -0.2) is 12.3 Å². The van der Waals surface area contributed by atoms with Crippen molar-refractivity contribution < 1.29 is 0 Å². The van der Waals surface area contributed by atoms with Gasteiger partial charge in [-0.25, -0.2) is 0 Å². The monoisotopic (exact) mass is 173 g/mol. The Morgan fingerprint density at radius 1 is 1.23 bits per heavy atom. The number of nitrogens with zero attached hydrogens (tertiary/aromatic N) is 1. The Bertz CT molecular complexity index is 352. The van der Waals surface area contributed by atoms with Crippen LogP contribution in [0.3, 0.4) is 0 Å². The topological polar surface area (TPSA) is 12.4 Å². The van der Waals surface area contributed by atoms with Crippen molar-refractivity contribution in [1.82, 2.24) is 0 Å². The first kappa shape index (κ1) is 8.49. The van der Waals surface area contributed by atoms with E-state index in [-0.39, 0.29) is 0 Å². The maximum absolute atomic E-state index is 4.47. The van der Waals surface area contributed by atoms with Gasteiger partial charge in [-0.3, -0.25) is 4.99 Å². The van der Waals surface area contributed by atoms with Crippen LogP contribution in [0.1, 0.15) is 36.5 Å². The van der Waals surface area contributed by atoms with E-state index in [1.807, 2.05) is 6.21 Å². The zero-order chi connectivity index (χ0) is 9.42.